The normalized spacial score (nSPS) is 21.9. The van der Waals surface area contributed by atoms with E-state index >= 15 is 0 Å². The van der Waals surface area contributed by atoms with Crippen LogP contribution in [0, 0.1) is 5.82 Å². The van der Waals surface area contributed by atoms with E-state index in [4.69, 9.17) is 17.3 Å². The number of hydrogen-bond donors (Lipinski definition) is 1. The summed E-state index contributed by atoms with van der Waals surface area (Å²) in [5.41, 5.74) is 7.13. The van der Waals surface area contributed by atoms with Crippen LogP contribution in [0.4, 0.5) is 15.8 Å². The third-order valence-corrected chi connectivity index (χ3v) is 3.66. The lowest BCUT2D eigenvalue weighted by molar-refractivity contribution is 0.234. The van der Waals surface area contributed by atoms with Gasteiger partial charge in [0.2, 0.25) is 0 Å². The number of anilines is 2. The number of nitrogen functional groups attached to an aromatic ring is 1. The number of piperazine rings is 1. The van der Waals surface area contributed by atoms with Crippen molar-refractivity contribution in [2.45, 2.75) is 13.0 Å². The van der Waals surface area contributed by atoms with Gasteiger partial charge >= 0.3 is 0 Å². The molecule has 94 valence electrons. The van der Waals surface area contributed by atoms with E-state index in [9.17, 15) is 4.39 Å². The topological polar surface area (TPSA) is 32.5 Å². The van der Waals surface area contributed by atoms with Gasteiger partial charge in [0.15, 0.2) is 0 Å². The largest absolute Gasteiger partial charge is 0.397 e. The molecule has 0 radical (unpaired) electrons. The van der Waals surface area contributed by atoms with Crippen LogP contribution >= 0.6 is 11.6 Å². The van der Waals surface area contributed by atoms with Crippen molar-refractivity contribution in [1.82, 2.24) is 4.90 Å². The van der Waals surface area contributed by atoms with E-state index in [1.165, 1.54) is 6.07 Å². The first-order valence-corrected chi connectivity index (χ1v) is 6.06. The predicted molar refractivity (Wildman–Crippen MR) is 70.1 cm³/mol. The molecular weight excluding hydrogens is 241 g/mol. The Morgan fingerprint density at radius 1 is 1.41 bits per heavy atom. The van der Waals surface area contributed by atoms with E-state index in [0.717, 1.165) is 25.3 Å². The molecule has 0 amide bonds. The molecule has 1 aliphatic heterocycles. The second-order valence-electron chi connectivity index (χ2n) is 4.60. The molecular formula is C12H17ClFN3. The minimum absolute atomic E-state index is 0.126. The van der Waals surface area contributed by atoms with Crippen molar-refractivity contribution in [1.29, 1.82) is 0 Å². The summed E-state index contributed by atoms with van der Waals surface area (Å²) in [7, 11) is 2.10. The molecule has 0 saturated carbocycles. The van der Waals surface area contributed by atoms with Crippen molar-refractivity contribution >= 4 is 23.0 Å². The number of halogens is 2. The first-order chi connectivity index (χ1) is 7.99. The van der Waals surface area contributed by atoms with E-state index in [1.807, 2.05) is 0 Å². The van der Waals surface area contributed by atoms with Crippen molar-refractivity contribution in [2.75, 3.05) is 37.3 Å². The zero-order valence-corrected chi connectivity index (χ0v) is 10.8. The van der Waals surface area contributed by atoms with E-state index in [1.54, 1.807) is 6.07 Å². The third kappa shape index (κ3) is 2.48. The van der Waals surface area contributed by atoms with Crippen LogP contribution in [-0.4, -0.2) is 37.6 Å². The Bertz CT molecular complexity index is 424. The highest BCUT2D eigenvalue weighted by Crippen LogP contribution is 2.30. The third-order valence-electron chi connectivity index (χ3n) is 3.37. The highest BCUT2D eigenvalue weighted by Gasteiger charge is 2.22. The maximum absolute atomic E-state index is 13.2. The van der Waals surface area contributed by atoms with Gasteiger partial charge in [0.1, 0.15) is 5.82 Å². The Kier molecular flexibility index (Phi) is 3.45. The smallest absolute Gasteiger partial charge is 0.143 e. The second-order valence-corrected chi connectivity index (χ2v) is 5.01. The molecule has 0 aliphatic carbocycles. The Balaban J connectivity index is 2.26. The molecule has 1 aliphatic rings. The Labute approximate surface area is 106 Å². The van der Waals surface area contributed by atoms with Gasteiger partial charge < -0.3 is 15.5 Å². The van der Waals surface area contributed by atoms with Crippen LogP contribution in [0.1, 0.15) is 6.92 Å². The van der Waals surface area contributed by atoms with Gasteiger partial charge in [-0.2, -0.15) is 0 Å². The molecule has 17 heavy (non-hydrogen) atoms. The first-order valence-electron chi connectivity index (χ1n) is 5.68. The summed E-state index contributed by atoms with van der Waals surface area (Å²) < 4.78 is 13.2. The molecule has 1 unspecified atom stereocenters. The van der Waals surface area contributed by atoms with E-state index in [-0.39, 0.29) is 5.02 Å². The fourth-order valence-corrected chi connectivity index (χ4v) is 2.25. The molecule has 0 bridgehead atoms. The lowest BCUT2D eigenvalue weighted by Crippen LogP contribution is -2.50. The highest BCUT2D eigenvalue weighted by molar-refractivity contribution is 6.31. The minimum Gasteiger partial charge on any atom is -0.397 e. The number of hydrogen-bond acceptors (Lipinski definition) is 3. The highest BCUT2D eigenvalue weighted by atomic mass is 35.5. The van der Waals surface area contributed by atoms with Crippen LogP contribution < -0.4 is 10.6 Å². The van der Waals surface area contributed by atoms with Gasteiger partial charge in [0.25, 0.3) is 0 Å². The van der Waals surface area contributed by atoms with Crippen molar-refractivity contribution in [2.24, 2.45) is 0 Å². The van der Waals surface area contributed by atoms with E-state index in [2.05, 4.69) is 23.8 Å². The number of nitrogens with zero attached hydrogens (tertiary/aromatic N) is 2. The maximum atomic E-state index is 13.2. The molecule has 5 heteroatoms. The van der Waals surface area contributed by atoms with Crippen LogP contribution in [-0.2, 0) is 0 Å². The van der Waals surface area contributed by atoms with Crippen molar-refractivity contribution in [3.05, 3.63) is 23.0 Å². The van der Waals surface area contributed by atoms with Crippen LogP contribution in [0.3, 0.4) is 0 Å². The Morgan fingerprint density at radius 2 is 2.12 bits per heavy atom. The van der Waals surface area contributed by atoms with Crippen molar-refractivity contribution < 1.29 is 4.39 Å². The second kappa shape index (κ2) is 4.70. The van der Waals surface area contributed by atoms with Crippen LogP contribution in [0.5, 0.6) is 0 Å². The molecule has 0 aromatic heterocycles. The van der Waals surface area contributed by atoms with E-state index in [0.29, 0.717) is 11.7 Å². The van der Waals surface area contributed by atoms with Crippen molar-refractivity contribution in [3.63, 3.8) is 0 Å². The molecule has 1 aromatic rings. The molecule has 3 nitrogen and oxygen atoms in total. The standard InChI is InChI=1S/C12H17ClFN3/c1-8-7-17(4-3-16(8)2)12-5-9(13)10(14)6-11(12)15/h5-6,8H,3-4,7,15H2,1-2H3. The molecule has 0 spiro atoms. The van der Waals surface area contributed by atoms with Gasteiger partial charge in [-0.15, -0.1) is 0 Å². The number of nitrogens with two attached hydrogens (primary N) is 1. The fraction of sp³-hybridized carbons (Fsp3) is 0.500. The number of benzene rings is 1. The van der Waals surface area contributed by atoms with Gasteiger partial charge in [-0.1, -0.05) is 11.6 Å². The summed E-state index contributed by atoms with van der Waals surface area (Å²) in [6, 6.07) is 3.36. The number of rotatable bonds is 1. The maximum Gasteiger partial charge on any atom is 0.143 e. The summed E-state index contributed by atoms with van der Waals surface area (Å²) in [6.45, 7) is 4.89. The molecule has 2 N–H and O–H groups in total. The average molecular weight is 258 g/mol. The molecule has 2 rings (SSSR count). The van der Waals surface area contributed by atoms with Crippen LogP contribution in [0.15, 0.2) is 12.1 Å². The van der Waals surface area contributed by atoms with Crippen molar-refractivity contribution in [3.8, 4) is 0 Å². The summed E-state index contributed by atoms with van der Waals surface area (Å²) in [6.07, 6.45) is 0. The molecule has 1 heterocycles. The zero-order chi connectivity index (χ0) is 12.6. The molecule has 1 saturated heterocycles. The molecule has 1 fully saturated rings. The summed E-state index contributed by atoms with van der Waals surface area (Å²) >= 11 is 5.80. The van der Waals surface area contributed by atoms with Gasteiger partial charge in [0.05, 0.1) is 16.4 Å². The lowest BCUT2D eigenvalue weighted by Gasteiger charge is -2.39. The lowest BCUT2D eigenvalue weighted by atomic mass is 10.1. The number of likely N-dealkylation sites (N-methyl/N-ethyl adjacent to an activating group) is 1. The Morgan fingerprint density at radius 3 is 2.76 bits per heavy atom. The average Bonchev–Trinajstić information content (AvgIpc) is 2.27. The van der Waals surface area contributed by atoms with Gasteiger partial charge in [-0.05, 0) is 20.0 Å². The van der Waals surface area contributed by atoms with Gasteiger partial charge in [-0.3, -0.25) is 0 Å². The summed E-state index contributed by atoms with van der Waals surface area (Å²) in [5.74, 6) is -0.463. The Hall–Kier alpha value is -1.00. The van der Waals surface area contributed by atoms with Gasteiger partial charge in [0, 0.05) is 31.7 Å². The minimum atomic E-state index is -0.463. The predicted octanol–water partition coefficient (Wildman–Crippen LogP) is 2.20. The quantitative estimate of drug-likeness (QED) is 0.783. The van der Waals surface area contributed by atoms with E-state index < -0.39 is 5.82 Å². The molecule has 1 aromatic carbocycles. The van der Waals surface area contributed by atoms with Crippen LogP contribution in [0.2, 0.25) is 5.02 Å². The van der Waals surface area contributed by atoms with Crippen LogP contribution in [0.25, 0.3) is 0 Å². The van der Waals surface area contributed by atoms with Gasteiger partial charge in [-0.25, -0.2) is 4.39 Å². The first kappa shape index (κ1) is 12.5. The molecule has 1 atom stereocenters. The summed E-state index contributed by atoms with van der Waals surface area (Å²) in [4.78, 5) is 4.45. The monoisotopic (exact) mass is 257 g/mol. The SMILES string of the molecule is CC1CN(c2cc(Cl)c(F)cc2N)CCN1C. The fourth-order valence-electron chi connectivity index (χ4n) is 2.09. The zero-order valence-electron chi connectivity index (χ0n) is 10.1. The summed E-state index contributed by atoms with van der Waals surface area (Å²) in [5, 5.41) is 0.126.